The normalized spacial score (nSPS) is 13.9. The largest absolute Gasteiger partial charge is 0.476 e. The molecule has 0 radical (unpaired) electrons. The lowest BCUT2D eigenvalue weighted by Gasteiger charge is -2.22. The molecule has 0 atom stereocenters. The summed E-state index contributed by atoms with van der Waals surface area (Å²) in [6, 6.07) is 13.1. The van der Waals surface area contributed by atoms with Gasteiger partial charge in [0.1, 0.15) is 10.6 Å². The smallest absolute Gasteiger partial charge is 0.356 e. The third-order valence-corrected chi connectivity index (χ3v) is 7.15. The maximum atomic E-state index is 13.4. The van der Waals surface area contributed by atoms with Crippen molar-refractivity contribution in [1.82, 2.24) is 14.5 Å². The summed E-state index contributed by atoms with van der Waals surface area (Å²) in [6.45, 7) is 6.66. The molecule has 36 heavy (non-hydrogen) atoms. The van der Waals surface area contributed by atoms with E-state index < -0.39 is 21.5 Å². The Labute approximate surface area is 209 Å². The van der Waals surface area contributed by atoms with Gasteiger partial charge >= 0.3 is 5.97 Å². The summed E-state index contributed by atoms with van der Waals surface area (Å²) in [7, 11) is -4.10. The Hall–Kier alpha value is -3.70. The van der Waals surface area contributed by atoms with Gasteiger partial charge in [-0.3, -0.25) is 4.79 Å². The molecule has 1 heterocycles. The van der Waals surface area contributed by atoms with Crippen LogP contribution in [0, 0.1) is 12.8 Å². The Morgan fingerprint density at radius 3 is 2.36 bits per heavy atom. The van der Waals surface area contributed by atoms with Crippen LogP contribution in [-0.2, 0) is 14.8 Å². The number of ether oxygens (including phenoxy) is 1. The highest BCUT2D eigenvalue weighted by atomic mass is 32.2. The van der Waals surface area contributed by atoms with Crippen LogP contribution in [0.3, 0.4) is 0 Å². The molecule has 1 aliphatic rings. The van der Waals surface area contributed by atoms with Crippen LogP contribution >= 0.6 is 0 Å². The lowest BCUT2D eigenvalue weighted by Crippen LogP contribution is -2.40. The molecule has 3 aromatic rings. The van der Waals surface area contributed by atoms with Crippen LogP contribution in [0.2, 0.25) is 0 Å². The van der Waals surface area contributed by atoms with Crippen LogP contribution in [0.25, 0.3) is 5.69 Å². The van der Waals surface area contributed by atoms with Gasteiger partial charge in [0, 0.05) is 22.7 Å². The van der Waals surface area contributed by atoms with Crippen LogP contribution in [0.1, 0.15) is 49.7 Å². The van der Waals surface area contributed by atoms with Gasteiger partial charge in [-0.05, 0) is 70.9 Å². The Morgan fingerprint density at radius 2 is 1.78 bits per heavy atom. The first-order chi connectivity index (χ1) is 16.9. The minimum absolute atomic E-state index is 0.0479. The summed E-state index contributed by atoms with van der Waals surface area (Å²) < 4.78 is 36.8. The number of hydrogen-bond acceptors (Lipinski definition) is 6. The van der Waals surface area contributed by atoms with Crippen LogP contribution in [-0.4, -0.2) is 40.7 Å². The maximum Gasteiger partial charge on any atom is 0.356 e. The molecule has 1 fully saturated rings. The average Bonchev–Trinajstić information content (AvgIpc) is 3.58. The molecule has 0 aliphatic heterocycles. The number of sulfonamides is 1. The predicted octanol–water partition coefficient (Wildman–Crippen LogP) is 4.10. The molecule has 0 bridgehead atoms. The Kier molecular flexibility index (Phi) is 6.63. The molecule has 4 rings (SSSR count). The second-order valence-electron chi connectivity index (χ2n) is 9.71. The number of amides is 1. The minimum atomic E-state index is -4.10. The number of rotatable bonds is 8. The lowest BCUT2D eigenvalue weighted by molar-refractivity contribution is -0.117. The van der Waals surface area contributed by atoms with Crippen LogP contribution in [0.4, 0.5) is 5.69 Å². The number of carbonyl (C=O) groups is 2. The number of nitrogens with zero attached hydrogens (tertiary/aromatic N) is 2. The topological polar surface area (TPSA) is 140 Å². The average molecular weight is 513 g/mol. The number of aromatic carboxylic acids is 1. The van der Waals surface area contributed by atoms with Crippen LogP contribution in [0.15, 0.2) is 53.4 Å². The van der Waals surface area contributed by atoms with Crippen molar-refractivity contribution in [2.45, 2.75) is 51.0 Å². The van der Waals surface area contributed by atoms with E-state index in [9.17, 15) is 23.1 Å². The van der Waals surface area contributed by atoms with Crippen molar-refractivity contribution in [1.29, 1.82) is 0 Å². The number of nitrogens with one attached hydrogen (secondary N) is 2. The number of anilines is 1. The highest BCUT2D eigenvalue weighted by Gasteiger charge is 2.31. The number of benzene rings is 2. The van der Waals surface area contributed by atoms with Crippen molar-refractivity contribution in [2.75, 3.05) is 5.32 Å². The lowest BCUT2D eigenvalue weighted by atomic mass is 10.1. The number of para-hydroxylation sites is 1. The summed E-state index contributed by atoms with van der Waals surface area (Å²) in [5.74, 6) is -1.47. The maximum absolute atomic E-state index is 13.4. The first-order valence-electron chi connectivity index (χ1n) is 11.4. The Morgan fingerprint density at radius 1 is 1.11 bits per heavy atom. The van der Waals surface area contributed by atoms with Crippen molar-refractivity contribution in [3.05, 3.63) is 59.8 Å². The molecule has 0 unspecified atom stereocenters. The second-order valence-corrected chi connectivity index (χ2v) is 11.4. The minimum Gasteiger partial charge on any atom is -0.476 e. The van der Waals surface area contributed by atoms with Gasteiger partial charge in [-0.1, -0.05) is 18.2 Å². The molecule has 0 spiro atoms. The van der Waals surface area contributed by atoms with E-state index in [1.165, 1.54) is 23.7 Å². The van der Waals surface area contributed by atoms with E-state index >= 15 is 0 Å². The fourth-order valence-electron chi connectivity index (χ4n) is 3.58. The van der Waals surface area contributed by atoms with Crippen molar-refractivity contribution < 1.29 is 27.9 Å². The third-order valence-electron chi connectivity index (χ3n) is 5.37. The standard InChI is InChI=1S/C25H28N4O6S/c1-15-21(24(31)32)27-29(18-8-6-5-7-9-18)23(15)35-19-13-12-17(26-22(30)16-10-11-16)14-20(19)36(33,34)28-25(2,3)4/h5-9,12-14,16,28H,10-11H2,1-4H3,(H,26,30)(H,31,32). The molecule has 1 saturated carbocycles. The van der Waals surface area contributed by atoms with E-state index in [1.807, 2.05) is 0 Å². The van der Waals surface area contributed by atoms with E-state index in [1.54, 1.807) is 57.2 Å². The van der Waals surface area contributed by atoms with E-state index in [2.05, 4.69) is 15.1 Å². The van der Waals surface area contributed by atoms with E-state index in [4.69, 9.17) is 4.74 Å². The van der Waals surface area contributed by atoms with Gasteiger partial charge in [0.2, 0.25) is 21.8 Å². The van der Waals surface area contributed by atoms with Gasteiger partial charge in [0.15, 0.2) is 5.69 Å². The summed E-state index contributed by atoms with van der Waals surface area (Å²) in [5, 5.41) is 16.6. The fraction of sp³-hybridized carbons (Fsp3) is 0.320. The highest BCUT2D eigenvalue weighted by molar-refractivity contribution is 7.89. The van der Waals surface area contributed by atoms with Gasteiger partial charge in [0.25, 0.3) is 0 Å². The second kappa shape index (κ2) is 9.40. The number of carbonyl (C=O) groups excluding carboxylic acids is 1. The third kappa shape index (κ3) is 5.58. The molecule has 0 saturated heterocycles. The molecule has 190 valence electrons. The van der Waals surface area contributed by atoms with E-state index in [-0.39, 0.29) is 39.6 Å². The number of aromatic nitrogens is 2. The van der Waals surface area contributed by atoms with Crippen molar-refractivity contribution in [3.63, 3.8) is 0 Å². The predicted molar refractivity (Wildman–Crippen MR) is 133 cm³/mol. The summed E-state index contributed by atoms with van der Waals surface area (Å²) in [6.07, 6.45) is 1.61. The van der Waals surface area contributed by atoms with Gasteiger partial charge in [0.05, 0.1) is 5.69 Å². The SMILES string of the molecule is Cc1c(C(=O)O)nn(-c2ccccc2)c1Oc1ccc(NC(=O)C2CC2)cc1S(=O)(=O)NC(C)(C)C. The first-order valence-corrected chi connectivity index (χ1v) is 12.9. The molecule has 1 amide bonds. The number of carboxylic acids is 1. The molecule has 11 heteroatoms. The zero-order chi connectivity index (χ0) is 26.3. The highest BCUT2D eigenvalue weighted by Crippen LogP contribution is 2.36. The van der Waals surface area contributed by atoms with Crippen LogP contribution in [0.5, 0.6) is 11.6 Å². The Balaban J connectivity index is 1.82. The van der Waals surface area contributed by atoms with E-state index in [0.717, 1.165) is 12.8 Å². The summed E-state index contributed by atoms with van der Waals surface area (Å²) in [5.41, 5.74) is 0.0624. The monoisotopic (exact) mass is 512 g/mol. The van der Waals surface area contributed by atoms with Gasteiger partial charge in [-0.25, -0.2) is 17.9 Å². The molecule has 10 nitrogen and oxygen atoms in total. The molecule has 1 aromatic heterocycles. The van der Waals surface area contributed by atoms with Gasteiger partial charge < -0.3 is 15.2 Å². The molecular formula is C25H28N4O6S. The fourth-order valence-corrected chi connectivity index (χ4v) is 5.15. The van der Waals surface area contributed by atoms with Gasteiger partial charge in [-0.15, -0.1) is 0 Å². The zero-order valence-corrected chi connectivity index (χ0v) is 21.2. The first kappa shape index (κ1) is 25.4. The van der Waals surface area contributed by atoms with E-state index in [0.29, 0.717) is 11.4 Å². The molecule has 3 N–H and O–H groups in total. The molecular weight excluding hydrogens is 484 g/mol. The number of hydrogen-bond donors (Lipinski definition) is 3. The van der Waals surface area contributed by atoms with Crippen molar-refractivity contribution in [3.8, 4) is 17.3 Å². The van der Waals surface area contributed by atoms with Crippen molar-refractivity contribution in [2.24, 2.45) is 5.92 Å². The zero-order valence-electron chi connectivity index (χ0n) is 20.4. The quantitative estimate of drug-likeness (QED) is 0.413. The molecule has 1 aliphatic carbocycles. The molecule has 2 aromatic carbocycles. The van der Waals surface area contributed by atoms with Crippen molar-refractivity contribution >= 4 is 27.6 Å². The van der Waals surface area contributed by atoms with Crippen LogP contribution < -0.4 is 14.8 Å². The Bertz CT molecular complexity index is 1420. The summed E-state index contributed by atoms with van der Waals surface area (Å²) >= 11 is 0. The van der Waals surface area contributed by atoms with Gasteiger partial charge in [-0.2, -0.15) is 9.78 Å². The summed E-state index contributed by atoms with van der Waals surface area (Å²) in [4.78, 5) is 23.9. The number of carboxylic acid groups (broad SMARTS) is 1.